The van der Waals surface area contributed by atoms with Crippen LogP contribution in [0.4, 0.5) is 5.69 Å². The first-order valence-electron chi connectivity index (χ1n) is 7.39. The van der Waals surface area contributed by atoms with E-state index in [0.29, 0.717) is 17.2 Å². The summed E-state index contributed by atoms with van der Waals surface area (Å²) in [5.41, 5.74) is 1.52. The zero-order chi connectivity index (χ0) is 15.7. The Hall–Kier alpha value is -2.59. The third-order valence-electron chi connectivity index (χ3n) is 3.77. The lowest BCUT2D eigenvalue weighted by molar-refractivity contribution is 0.478. The van der Waals surface area contributed by atoms with Crippen molar-refractivity contribution in [2.24, 2.45) is 4.36 Å². The summed E-state index contributed by atoms with van der Waals surface area (Å²) in [5, 5.41) is 0. The second-order valence-electron chi connectivity index (χ2n) is 5.37. The molecule has 0 amide bonds. The SMILES string of the molecule is O=[S@@]1(c2ccccc2)=Nc2ccccc2Oc2ccccc2C1. The maximum atomic E-state index is 13.7. The Labute approximate surface area is 135 Å². The molecule has 0 radical (unpaired) electrons. The molecule has 0 saturated carbocycles. The highest BCUT2D eigenvalue weighted by atomic mass is 32.2. The average Bonchev–Trinajstić information content (AvgIpc) is 2.57. The fourth-order valence-electron chi connectivity index (χ4n) is 2.63. The van der Waals surface area contributed by atoms with E-state index in [-0.39, 0.29) is 0 Å². The van der Waals surface area contributed by atoms with Gasteiger partial charge in [-0.05, 0) is 30.3 Å². The normalized spacial score (nSPS) is 19.3. The van der Waals surface area contributed by atoms with Crippen molar-refractivity contribution in [1.82, 2.24) is 0 Å². The summed E-state index contributed by atoms with van der Waals surface area (Å²) >= 11 is 0. The van der Waals surface area contributed by atoms with Crippen molar-refractivity contribution >= 4 is 15.4 Å². The van der Waals surface area contributed by atoms with E-state index in [1.807, 2.05) is 78.9 Å². The Morgan fingerprint density at radius 3 is 2.26 bits per heavy atom. The predicted octanol–water partition coefficient (Wildman–Crippen LogP) is 5.15. The van der Waals surface area contributed by atoms with Gasteiger partial charge in [-0.15, -0.1) is 0 Å². The predicted molar refractivity (Wildman–Crippen MR) is 91.6 cm³/mol. The third kappa shape index (κ3) is 2.62. The van der Waals surface area contributed by atoms with Gasteiger partial charge in [-0.3, -0.25) is 0 Å². The number of rotatable bonds is 1. The van der Waals surface area contributed by atoms with Crippen molar-refractivity contribution in [3.63, 3.8) is 0 Å². The molecule has 0 N–H and O–H groups in total. The molecule has 4 heteroatoms. The number of fused-ring (bicyclic) bond motifs is 2. The molecule has 4 rings (SSSR count). The molecule has 3 aromatic rings. The second-order valence-corrected chi connectivity index (χ2v) is 7.59. The topological polar surface area (TPSA) is 38.7 Å². The quantitative estimate of drug-likeness (QED) is 0.621. The first-order valence-corrected chi connectivity index (χ1v) is 9.08. The van der Waals surface area contributed by atoms with Crippen LogP contribution >= 0.6 is 0 Å². The Balaban J connectivity index is 2.01. The minimum absolute atomic E-state index is 0.335. The lowest BCUT2D eigenvalue weighted by Gasteiger charge is -2.19. The van der Waals surface area contributed by atoms with Crippen LogP contribution in [0.2, 0.25) is 0 Å². The van der Waals surface area contributed by atoms with Gasteiger partial charge in [0.1, 0.15) is 11.4 Å². The van der Waals surface area contributed by atoms with Crippen molar-refractivity contribution in [3.05, 3.63) is 84.4 Å². The van der Waals surface area contributed by atoms with E-state index in [2.05, 4.69) is 4.36 Å². The monoisotopic (exact) mass is 321 g/mol. The van der Waals surface area contributed by atoms with Gasteiger partial charge >= 0.3 is 0 Å². The number of hydrogen-bond donors (Lipinski definition) is 0. The summed E-state index contributed by atoms with van der Waals surface area (Å²) in [4.78, 5) is 0.742. The van der Waals surface area contributed by atoms with E-state index in [1.54, 1.807) is 0 Å². The molecule has 0 aliphatic carbocycles. The van der Waals surface area contributed by atoms with Gasteiger partial charge in [0.2, 0.25) is 0 Å². The van der Waals surface area contributed by atoms with Crippen LogP contribution in [0.15, 0.2) is 88.1 Å². The summed E-state index contributed by atoms with van der Waals surface area (Å²) in [6.45, 7) is 0. The van der Waals surface area contributed by atoms with Gasteiger partial charge in [0.05, 0.1) is 15.5 Å². The van der Waals surface area contributed by atoms with E-state index in [0.717, 1.165) is 16.2 Å². The van der Waals surface area contributed by atoms with Gasteiger partial charge in [0.15, 0.2) is 5.75 Å². The molecule has 1 aliphatic rings. The van der Waals surface area contributed by atoms with E-state index in [4.69, 9.17) is 4.74 Å². The first-order chi connectivity index (χ1) is 11.2. The molecule has 3 aromatic carbocycles. The fraction of sp³-hybridized carbons (Fsp3) is 0.0526. The van der Waals surface area contributed by atoms with Crippen LogP contribution in [0, 0.1) is 0 Å². The molecule has 0 unspecified atom stereocenters. The van der Waals surface area contributed by atoms with Gasteiger partial charge < -0.3 is 4.74 Å². The maximum absolute atomic E-state index is 13.7. The zero-order valence-corrected chi connectivity index (χ0v) is 13.2. The van der Waals surface area contributed by atoms with Gasteiger partial charge in [-0.2, -0.15) is 4.36 Å². The minimum atomic E-state index is -2.61. The van der Waals surface area contributed by atoms with Crippen LogP contribution in [0.1, 0.15) is 5.56 Å². The highest BCUT2D eigenvalue weighted by molar-refractivity contribution is 7.93. The molecular weight excluding hydrogens is 306 g/mol. The van der Waals surface area contributed by atoms with Gasteiger partial charge in [-0.1, -0.05) is 48.5 Å². The number of hydrogen-bond acceptors (Lipinski definition) is 3. The summed E-state index contributed by atoms with van der Waals surface area (Å²) in [6.07, 6.45) is 0. The van der Waals surface area contributed by atoms with Crippen LogP contribution < -0.4 is 4.74 Å². The van der Waals surface area contributed by atoms with Crippen LogP contribution in [0.5, 0.6) is 11.5 Å². The molecule has 3 nitrogen and oxygen atoms in total. The van der Waals surface area contributed by atoms with E-state index >= 15 is 0 Å². The van der Waals surface area contributed by atoms with Crippen molar-refractivity contribution in [3.8, 4) is 11.5 Å². The summed E-state index contributed by atoms with van der Waals surface area (Å²) < 4.78 is 24.3. The number of nitrogens with zero attached hydrogens (tertiary/aromatic N) is 1. The molecule has 23 heavy (non-hydrogen) atoms. The van der Waals surface area contributed by atoms with E-state index < -0.39 is 9.73 Å². The molecule has 0 fully saturated rings. The standard InChI is InChI=1S/C19H15NO2S/c21-23(16-9-2-1-3-10-16)14-15-8-4-6-12-18(15)22-19-13-7-5-11-17(19)20-23/h1-13H,14H2/t23-/m0/s1. The van der Waals surface area contributed by atoms with Crippen LogP contribution in [0.25, 0.3) is 0 Å². The largest absolute Gasteiger partial charge is 0.455 e. The number of para-hydroxylation sites is 2. The molecule has 1 heterocycles. The molecule has 0 spiro atoms. The molecule has 0 aromatic heterocycles. The van der Waals surface area contributed by atoms with Crippen molar-refractivity contribution in [1.29, 1.82) is 0 Å². The lowest BCUT2D eigenvalue weighted by atomic mass is 10.2. The maximum Gasteiger partial charge on any atom is 0.153 e. The highest BCUT2D eigenvalue weighted by Crippen LogP contribution is 2.39. The van der Waals surface area contributed by atoms with Crippen LogP contribution in [0.3, 0.4) is 0 Å². The molecule has 0 bridgehead atoms. The van der Waals surface area contributed by atoms with Crippen molar-refractivity contribution in [2.45, 2.75) is 10.6 Å². The Kier molecular flexibility index (Phi) is 3.39. The van der Waals surface area contributed by atoms with E-state index in [9.17, 15) is 4.21 Å². The first kappa shape index (κ1) is 14.0. The van der Waals surface area contributed by atoms with Crippen LogP contribution in [-0.2, 0) is 15.5 Å². The smallest absolute Gasteiger partial charge is 0.153 e. The van der Waals surface area contributed by atoms with Gasteiger partial charge in [0.25, 0.3) is 0 Å². The lowest BCUT2D eigenvalue weighted by Crippen LogP contribution is -2.07. The molecule has 1 aliphatic heterocycles. The summed E-state index contributed by atoms with van der Waals surface area (Å²) in [6, 6.07) is 24.6. The van der Waals surface area contributed by atoms with Gasteiger partial charge in [0, 0.05) is 10.5 Å². The zero-order valence-electron chi connectivity index (χ0n) is 12.4. The molecule has 114 valence electrons. The van der Waals surface area contributed by atoms with E-state index in [1.165, 1.54) is 0 Å². The Morgan fingerprint density at radius 1 is 0.783 bits per heavy atom. The fourth-order valence-corrected chi connectivity index (χ4v) is 4.68. The van der Waals surface area contributed by atoms with Gasteiger partial charge in [-0.25, -0.2) is 4.21 Å². The Morgan fingerprint density at radius 2 is 1.43 bits per heavy atom. The van der Waals surface area contributed by atoms with Crippen molar-refractivity contribution in [2.75, 3.05) is 0 Å². The molecular formula is C19H15NO2S. The Bertz CT molecular complexity index is 973. The second kappa shape index (κ2) is 5.56. The third-order valence-corrected chi connectivity index (χ3v) is 5.97. The summed E-state index contributed by atoms with van der Waals surface area (Å²) in [7, 11) is -2.61. The highest BCUT2D eigenvalue weighted by Gasteiger charge is 2.21. The van der Waals surface area contributed by atoms with Crippen molar-refractivity contribution < 1.29 is 8.95 Å². The van der Waals surface area contributed by atoms with Crippen LogP contribution in [-0.4, -0.2) is 4.21 Å². The molecule has 1 atom stereocenters. The average molecular weight is 321 g/mol. The minimum Gasteiger partial charge on any atom is -0.455 e. The summed E-state index contributed by atoms with van der Waals surface area (Å²) in [5.74, 6) is 1.70. The molecule has 0 saturated heterocycles. The number of benzene rings is 3. The number of ether oxygens (including phenoxy) is 1.